The van der Waals surface area contributed by atoms with E-state index >= 15 is 0 Å². The van der Waals surface area contributed by atoms with Crippen molar-refractivity contribution in [2.75, 3.05) is 6.54 Å². The molecule has 1 saturated heterocycles. The molecule has 2 aromatic carbocycles. The number of benzene rings is 2. The molecule has 2 aromatic rings. The van der Waals surface area contributed by atoms with E-state index in [0.717, 1.165) is 18.0 Å². The third kappa shape index (κ3) is 5.26. The number of carboxylic acid groups (broad SMARTS) is 1. The maximum absolute atomic E-state index is 12.6. The van der Waals surface area contributed by atoms with E-state index in [4.69, 9.17) is 0 Å². The Morgan fingerprint density at radius 3 is 2.00 bits per heavy atom. The molecular formula is C24H30N2O4. The lowest BCUT2D eigenvalue weighted by Crippen LogP contribution is -2.45. The fraction of sp³-hybridized carbons (Fsp3) is 0.417. The minimum absolute atomic E-state index is 0.330. The molecule has 0 bridgehead atoms. The van der Waals surface area contributed by atoms with Gasteiger partial charge in [-0.05, 0) is 37.8 Å². The molecule has 2 N–H and O–H groups in total. The van der Waals surface area contributed by atoms with E-state index in [0.29, 0.717) is 19.4 Å². The Balaban J connectivity index is 1.67. The average molecular weight is 411 g/mol. The highest BCUT2D eigenvalue weighted by Gasteiger charge is 2.50. The van der Waals surface area contributed by atoms with Crippen molar-refractivity contribution in [3.63, 3.8) is 0 Å². The number of likely N-dealkylation sites (tertiary alicyclic amines) is 1. The first-order valence-corrected chi connectivity index (χ1v) is 10.3. The Kier molecular flexibility index (Phi) is 6.90. The van der Waals surface area contributed by atoms with Gasteiger partial charge in [0, 0.05) is 25.2 Å². The third-order valence-electron chi connectivity index (χ3n) is 5.76. The van der Waals surface area contributed by atoms with Crippen LogP contribution >= 0.6 is 0 Å². The number of rotatable bonds is 8. The molecular weight excluding hydrogens is 380 g/mol. The van der Waals surface area contributed by atoms with E-state index in [1.54, 1.807) is 13.8 Å². The van der Waals surface area contributed by atoms with E-state index in [-0.39, 0.29) is 0 Å². The summed E-state index contributed by atoms with van der Waals surface area (Å²) in [4.78, 5) is 27.2. The van der Waals surface area contributed by atoms with Crippen LogP contribution in [-0.4, -0.2) is 50.2 Å². The van der Waals surface area contributed by atoms with Crippen LogP contribution in [0.4, 0.5) is 4.79 Å². The van der Waals surface area contributed by atoms with Gasteiger partial charge in [0.2, 0.25) is 5.91 Å². The van der Waals surface area contributed by atoms with Crippen LogP contribution in [0.25, 0.3) is 0 Å². The molecule has 2 amide bonds. The van der Waals surface area contributed by atoms with Crippen molar-refractivity contribution in [3.8, 4) is 0 Å². The van der Waals surface area contributed by atoms with E-state index in [1.165, 1.54) is 11.1 Å². The first-order valence-electron chi connectivity index (χ1n) is 10.3. The molecule has 1 fully saturated rings. The van der Waals surface area contributed by atoms with Crippen molar-refractivity contribution in [1.29, 1.82) is 0 Å². The van der Waals surface area contributed by atoms with Crippen molar-refractivity contribution in [2.24, 2.45) is 5.92 Å². The Hall–Kier alpha value is -2.70. The van der Waals surface area contributed by atoms with Gasteiger partial charge in [-0.1, -0.05) is 60.7 Å². The van der Waals surface area contributed by atoms with Gasteiger partial charge in [-0.15, -0.1) is 0 Å². The average Bonchev–Trinajstić information content (AvgIpc) is 2.96. The molecule has 6 heteroatoms. The number of nitrogens with zero attached hydrogens (tertiary/aromatic N) is 2. The molecule has 0 radical (unpaired) electrons. The molecule has 160 valence electrons. The lowest BCUT2D eigenvalue weighted by Gasteiger charge is -2.26. The maximum Gasteiger partial charge on any atom is 0.414 e. The van der Waals surface area contributed by atoms with Crippen LogP contribution in [0, 0.1) is 5.92 Å². The lowest BCUT2D eigenvalue weighted by atomic mass is 9.91. The van der Waals surface area contributed by atoms with Gasteiger partial charge in [0.25, 0.3) is 0 Å². The predicted molar refractivity (Wildman–Crippen MR) is 115 cm³/mol. The first kappa shape index (κ1) is 22.0. The van der Waals surface area contributed by atoms with Crippen molar-refractivity contribution >= 4 is 12.0 Å². The zero-order valence-electron chi connectivity index (χ0n) is 17.6. The molecule has 1 heterocycles. The normalized spacial score (nSPS) is 19.3. The monoisotopic (exact) mass is 410 g/mol. The quantitative estimate of drug-likeness (QED) is 0.693. The smallest absolute Gasteiger partial charge is 0.414 e. The molecule has 0 aliphatic carbocycles. The maximum atomic E-state index is 12.6. The van der Waals surface area contributed by atoms with E-state index in [1.807, 2.05) is 36.4 Å². The summed E-state index contributed by atoms with van der Waals surface area (Å²) in [7, 11) is 0. The first-order chi connectivity index (χ1) is 14.3. The molecule has 0 spiro atoms. The van der Waals surface area contributed by atoms with E-state index in [9.17, 15) is 19.8 Å². The van der Waals surface area contributed by atoms with Gasteiger partial charge in [0.1, 0.15) is 0 Å². The van der Waals surface area contributed by atoms with Crippen LogP contribution in [0.5, 0.6) is 0 Å². The third-order valence-corrected chi connectivity index (χ3v) is 5.76. The number of hydrogen-bond acceptors (Lipinski definition) is 4. The minimum atomic E-state index is -1.26. The van der Waals surface area contributed by atoms with Crippen LogP contribution in [-0.2, 0) is 17.9 Å². The molecule has 0 aromatic heterocycles. The zero-order valence-corrected chi connectivity index (χ0v) is 17.6. The summed E-state index contributed by atoms with van der Waals surface area (Å²) < 4.78 is 0. The summed E-state index contributed by atoms with van der Waals surface area (Å²) in [6, 6.07) is 20.3. The molecule has 2 unspecified atom stereocenters. The Bertz CT molecular complexity index is 813. The number of amides is 2. The van der Waals surface area contributed by atoms with Gasteiger partial charge < -0.3 is 10.2 Å². The second-order valence-electron chi connectivity index (χ2n) is 8.62. The molecule has 3 rings (SSSR count). The minimum Gasteiger partial charge on any atom is -0.465 e. The lowest BCUT2D eigenvalue weighted by molar-refractivity contribution is -0.133. The van der Waals surface area contributed by atoms with Crippen LogP contribution < -0.4 is 0 Å². The highest BCUT2D eigenvalue weighted by molar-refractivity contribution is 5.95. The second kappa shape index (κ2) is 9.41. The summed E-state index contributed by atoms with van der Waals surface area (Å²) in [6.07, 6.45) is -1.40. The topological polar surface area (TPSA) is 81.1 Å². The number of imide groups is 1. The number of aliphatic hydroxyl groups is 1. The number of carbonyl (C=O) groups excluding carboxylic acids is 1. The van der Waals surface area contributed by atoms with Crippen LogP contribution in [0.15, 0.2) is 60.7 Å². The number of hydrogen-bond donors (Lipinski definition) is 2. The number of carbonyl (C=O) groups is 2. The van der Waals surface area contributed by atoms with Crippen molar-refractivity contribution in [3.05, 3.63) is 71.8 Å². The Morgan fingerprint density at radius 1 is 1.07 bits per heavy atom. The molecule has 1 aliphatic heterocycles. The molecule has 6 nitrogen and oxygen atoms in total. The van der Waals surface area contributed by atoms with Gasteiger partial charge in [-0.3, -0.25) is 9.69 Å². The van der Waals surface area contributed by atoms with Crippen molar-refractivity contribution in [1.82, 2.24) is 9.80 Å². The fourth-order valence-corrected chi connectivity index (χ4v) is 4.25. The Morgan fingerprint density at radius 2 is 1.57 bits per heavy atom. The van der Waals surface area contributed by atoms with Gasteiger partial charge in [-0.2, -0.15) is 0 Å². The predicted octanol–water partition coefficient (Wildman–Crippen LogP) is 3.74. The highest BCUT2D eigenvalue weighted by Crippen LogP contribution is 2.36. The second-order valence-corrected chi connectivity index (χ2v) is 8.62. The standard InChI is InChI=1S/C24H30N2O4/c1-24(2)15-20(22(28)26(24)23(29)30)21(27)13-14-25(16-18-9-5-3-6-10-18)17-19-11-7-4-8-12-19/h3-12,20-21,27H,13-17H2,1-2H3,(H,29,30). The van der Waals surface area contributed by atoms with Crippen molar-refractivity contribution in [2.45, 2.75) is 51.4 Å². The fourth-order valence-electron chi connectivity index (χ4n) is 4.25. The molecule has 30 heavy (non-hydrogen) atoms. The van der Waals surface area contributed by atoms with Crippen LogP contribution in [0.2, 0.25) is 0 Å². The Labute approximate surface area is 177 Å². The zero-order chi connectivity index (χ0) is 21.7. The van der Waals surface area contributed by atoms with Crippen LogP contribution in [0.1, 0.15) is 37.8 Å². The van der Waals surface area contributed by atoms with Crippen LogP contribution in [0.3, 0.4) is 0 Å². The summed E-state index contributed by atoms with van der Waals surface area (Å²) in [5.74, 6) is -1.19. The number of aliphatic hydroxyl groups excluding tert-OH is 1. The van der Waals surface area contributed by atoms with Crippen molar-refractivity contribution < 1.29 is 19.8 Å². The summed E-state index contributed by atoms with van der Waals surface area (Å²) in [5, 5.41) is 20.1. The largest absolute Gasteiger partial charge is 0.465 e. The molecule has 2 atom stereocenters. The van der Waals surface area contributed by atoms with E-state index < -0.39 is 29.6 Å². The summed E-state index contributed by atoms with van der Waals surface area (Å²) in [5.41, 5.74) is 1.55. The molecule has 0 saturated carbocycles. The summed E-state index contributed by atoms with van der Waals surface area (Å²) >= 11 is 0. The molecule has 1 aliphatic rings. The SMILES string of the molecule is CC1(C)CC(C(O)CCN(Cc2ccccc2)Cc2ccccc2)C(=O)N1C(=O)O. The van der Waals surface area contributed by atoms with Gasteiger partial charge in [-0.25, -0.2) is 9.69 Å². The van der Waals surface area contributed by atoms with Gasteiger partial charge in [0.15, 0.2) is 0 Å². The van der Waals surface area contributed by atoms with Gasteiger partial charge in [0.05, 0.1) is 12.0 Å². The highest BCUT2D eigenvalue weighted by atomic mass is 16.4. The van der Waals surface area contributed by atoms with E-state index in [2.05, 4.69) is 29.2 Å². The van der Waals surface area contributed by atoms with Gasteiger partial charge >= 0.3 is 6.09 Å². The summed E-state index contributed by atoms with van der Waals surface area (Å²) in [6.45, 7) is 5.51.